The topological polar surface area (TPSA) is 68.5 Å². The number of carbonyl (C=O) groups excluding carboxylic acids is 1. The molecule has 2 heterocycles. The van der Waals surface area contributed by atoms with Gasteiger partial charge in [0.25, 0.3) is 0 Å². The van der Waals surface area contributed by atoms with Crippen LogP contribution in [0.4, 0.5) is 5.69 Å². The van der Waals surface area contributed by atoms with Gasteiger partial charge < -0.3 is 10.1 Å². The first kappa shape index (κ1) is 20.0. The number of carbonyl (C=O) groups is 1. The fourth-order valence-corrected chi connectivity index (χ4v) is 3.92. The van der Waals surface area contributed by atoms with Crippen molar-refractivity contribution < 1.29 is 9.53 Å². The molecule has 2 aromatic heterocycles. The molecule has 7 heteroatoms. The van der Waals surface area contributed by atoms with Gasteiger partial charge in [-0.3, -0.25) is 4.79 Å². The molecule has 2 aromatic carbocycles. The van der Waals surface area contributed by atoms with Crippen LogP contribution in [0.3, 0.4) is 0 Å². The highest BCUT2D eigenvalue weighted by atomic mass is 32.2. The van der Waals surface area contributed by atoms with Crippen LogP contribution in [0.5, 0.6) is 5.75 Å². The van der Waals surface area contributed by atoms with Crippen molar-refractivity contribution in [2.45, 2.75) is 18.9 Å². The Hall–Kier alpha value is -3.32. The molecule has 4 rings (SSSR count). The van der Waals surface area contributed by atoms with Gasteiger partial charge in [0.1, 0.15) is 10.8 Å². The average molecular weight is 419 g/mol. The fourth-order valence-electron chi connectivity index (χ4n) is 3.15. The van der Waals surface area contributed by atoms with Crippen LogP contribution in [0, 0.1) is 13.8 Å². The second-order valence-electron chi connectivity index (χ2n) is 6.93. The van der Waals surface area contributed by atoms with Crippen molar-refractivity contribution in [2.24, 2.45) is 0 Å². The zero-order chi connectivity index (χ0) is 21.1. The van der Waals surface area contributed by atoms with E-state index >= 15 is 0 Å². The predicted molar refractivity (Wildman–Crippen MR) is 120 cm³/mol. The van der Waals surface area contributed by atoms with Gasteiger partial charge in [0.15, 0.2) is 0 Å². The zero-order valence-corrected chi connectivity index (χ0v) is 17.9. The predicted octanol–water partition coefficient (Wildman–Crippen LogP) is 4.75. The van der Waals surface area contributed by atoms with Crippen LogP contribution in [0.1, 0.15) is 11.1 Å². The standard InChI is InChI=1S/C23H22N4O2S/c1-15-8-9-17(12-16(15)2)25-22(28)14-30-23-20-13-19(26-27(20)11-10-24-23)18-6-4-5-7-21(18)29-3/h4-13H,14H2,1-3H3,(H,25,28). The summed E-state index contributed by atoms with van der Waals surface area (Å²) < 4.78 is 7.23. The molecule has 0 saturated carbocycles. The highest BCUT2D eigenvalue weighted by Gasteiger charge is 2.14. The van der Waals surface area contributed by atoms with Gasteiger partial charge in [-0.2, -0.15) is 5.10 Å². The lowest BCUT2D eigenvalue weighted by Crippen LogP contribution is -2.14. The third kappa shape index (κ3) is 4.16. The van der Waals surface area contributed by atoms with Crippen molar-refractivity contribution in [1.29, 1.82) is 0 Å². The maximum absolute atomic E-state index is 12.4. The SMILES string of the molecule is COc1ccccc1-c1cc2c(SCC(=O)Nc3ccc(C)c(C)c3)nccn2n1. The lowest BCUT2D eigenvalue weighted by molar-refractivity contribution is -0.113. The van der Waals surface area contributed by atoms with E-state index in [4.69, 9.17) is 4.74 Å². The number of para-hydroxylation sites is 1. The summed E-state index contributed by atoms with van der Waals surface area (Å²) in [5.41, 5.74) is 5.70. The van der Waals surface area contributed by atoms with Crippen molar-refractivity contribution in [3.05, 3.63) is 72.1 Å². The van der Waals surface area contributed by atoms with E-state index in [-0.39, 0.29) is 11.7 Å². The third-order valence-corrected chi connectivity index (χ3v) is 5.86. The molecule has 1 amide bonds. The Morgan fingerprint density at radius 3 is 2.77 bits per heavy atom. The van der Waals surface area contributed by atoms with Gasteiger partial charge in [0.05, 0.1) is 24.1 Å². The molecule has 0 unspecified atom stereocenters. The summed E-state index contributed by atoms with van der Waals surface area (Å²) >= 11 is 1.39. The molecule has 0 spiro atoms. The van der Waals surface area contributed by atoms with Gasteiger partial charge >= 0.3 is 0 Å². The summed E-state index contributed by atoms with van der Waals surface area (Å²) in [6.07, 6.45) is 3.49. The van der Waals surface area contributed by atoms with Crippen LogP contribution in [0.2, 0.25) is 0 Å². The Morgan fingerprint density at radius 1 is 1.13 bits per heavy atom. The smallest absolute Gasteiger partial charge is 0.234 e. The number of nitrogens with one attached hydrogen (secondary N) is 1. The number of amides is 1. The molecule has 0 aliphatic rings. The summed E-state index contributed by atoms with van der Waals surface area (Å²) in [6, 6.07) is 15.6. The Balaban J connectivity index is 1.52. The number of ether oxygens (including phenoxy) is 1. The summed E-state index contributed by atoms with van der Waals surface area (Å²) in [6.45, 7) is 4.08. The number of benzene rings is 2. The zero-order valence-electron chi connectivity index (χ0n) is 17.0. The van der Waals surface area contributed by atoms with E-state index in [2.05, 4.69) is 15.4 Å². The van der Waals surface area contributed by atoms with Crippen molar-refractivity contribution in [3.8, 4) is 17.0 Å². The van der Waals surface area contributed by atoms with Crippen molar-refractivity contribution in [1.82, 2.24) is 14.6 Å². The number of hydrogen-bond donors (Lipinski definition) is 1. The van der Waals surface area contributed by atoms with E-state index in [0.717, 1.165) is 38.8 Å². The number of thioether (sulfide) groups is 1. The molecular weight excluding hydrogens is 396 g/mol. The number of methoxy groups -OCH3 is 1. The lowest BCUT2D eigenvalue weighted by Gasteiger charge is -2.07. The number of anilines is 1. The van der Waals surface area contributed by atoms with Crippen molar-refractivity contribution >= 4 is 28.9 Å². The molecule has 30 heavy (non-hydrogen) atoms. The molecule has 0 aliphatic heterocycles. The second kappa shape index (κ2) is 8.59. The largest absolute Gasteiger partial charge is 0.496 e. The van der Waals surface area contributed by atoms with Gasteiger partial charge in [-0.25, -0.2) is 9.50 Å². The second-order valence-corrected chi connectivity index (χ2v) is 7.89. The average Bonchev–Trinajstić information content (AvgIpc) is 3.19. The van der Waals surface area contributed by atoms with Gasteiger partial charge in [-0.05, 0) is 55.3 Å². The molecule has 6 nitrogen and oxygen atoms in total. The van der Waals surface area contributed by atoms with E-state index in [1.807, 2.05) is 62.4 Å². The van der Waals surface area contributed by atoms with Gasteiger partial charge in [-0.1, -0.05) is 30.0 Å². The number of hydrogen-bond acceptors (Lipinski definition) is 5. The maximum atomic E-state index is 12.4. The van der Waals surface area contributed by atoms with E-state index in [0.29, 0.717) is 0 Å². The normalized spacial score (nSPS) is 10.9. The first-order valence-electron chi connectivity index (χ1n) is 9.53. The monoisotopic (exact) mass is 418 g/mol. The van der Waals surface area contributed by atoms with Crippen LogP contribution < -0.4 is 10.1 Å². The minimum atomic E-state index is -0.0727. The maximum Gasteiger partial charge on any atom is 0.234 e. The van der Waals surface area contributed by atoms with Crippen LogP contribution >= 0.6 is 11.8 Å². The number of aryl methyl sites for hydroxylation is 2. The first-order valence-corrected chi connectivity index (χ1v) is 10.5. The Labute approximate surface area is 179 Å². The first-order chi connectivity index (χ1) is 14.5. The molecule has 152 valence electrons. The van der Waals surface area contributed by atoms with Gasteiger partial charge in [0, 0.05) is 23.6 Å². The summed E-state index contributed by atoms with van der Waals surface area (Å²) in [7, 11) is 1.64. The minimum absolute atomic E-state index is 0.0727. The van der Waals surface area contributed by atoms with Crippen LogP contribution in [-0.2, 0) is 4.79 Å². The molecule has 4 aromatic rings. The number of rotatable bonds is 6. The molecule has 1 N–H and O–H groups in total. The van der Waals surface area contributed by atoms with Crippen molar-refractivity contribution in [3.63, 3.8) is 0 Å². The highest BCUT2D eigenvalue weighted by molar-refractivity contribution is 8.00. The molecule has 0 aliphatic carbocycles. The molecule has 0 atom stereocenters. The van der Waals surface area contributed by atoms with Crippen LogP contribution in [0.15, 0.2) is 66.0 Å². The minimum Gasteiger partial charge on any atom is -0.496 e. The quantitative estimate of drug-likeness (QED) is 0.458. The third-order valence-electron chi connectivity index (χ3n) is 4.87. The Bertz CT molecular complexity index is 1220. The van der Waals surface area contributed by atoms with Crippen molar-refractivity contribution in [2.75, 3.05) is 18.2 Å². The van der Waals surface area contributed by atoms with Crippen LogP contribution in [-0.4, -0.2) is 33.4 Å². The number of aromatic nitrogens is 3. The van der Waals surface area contributed by atoms with Gasteiger partial charge in [0.2, 0.25) is 5.91 Å². The van der Waals surface area contributed by atoms with Gasteiger partial charge in [-0.15, -0.1) is 0 Å². The van der Waals surface area contributed by atoms with Crippen LogP contribution in [0.25, 0.3) is 16.8 Å². The Morgan fingerprint density at radius 2 is 1.97 bits per heavy atom. The Kier molecular flexibility index (Phi) is 5.72. The van der Waals surface area contributed by atoms with E-state index in [9.17, 15) is 4.79 Å². The van der Waals surface area contributed by atoms with E-state index in [1.165, 1.54) is 17.3 Å². The molecule has 0 saturated heterocycles. The number of fused-ring (bicyclic) bond motifs is 1. The molecular formula is C23H22N4O2S. The lowest BCUT2D eigenvalue weighted by atomic mass is 10.1. The molecule has 0 bridgehead atoms. The summed E-state index contributed by atoms with van der Waals surface area (Å²) in [5.74, 6) is 0.946. The number of nitrogens with zero attached hydrogens (tertiary/aromatic N) is 3. The molecule has 0 radical (unpaired) electrons. The highest BCUT2D eigenvalue weighted by Crippen LogP contribution is 2.31. The fraction of sp³-hybridized carbons (Fsp3) is 0.174. The van der Waals surface area contributed by atoms with E-state index < -0.39 is 0 Å². The molecule has 0 fully saturated rings. The van der Waals surface area contributed by atoms with E-state index in [1.54, 1.807) is 24.0 Å². The summed E-state index contributed by atoms with van der Waals surface area (Å²) in [4.78, 5) is 16.9. The summed E-state index contributed by atoms with van der Waals surface area (Å²) in [5, 5.41) is 8.35.